The summed E-state index contributed by atoms with van der Waals surface area (Å²) in [6.45, 7) is 4.50. The van der Waals surface area contributed by atoms with Gasteiger partial charge in [-0.05, 0) is 37.6 Å². The first-order chi connectivity index (χ1) is 18.1. The molecular weight excluding hydrogens is 474 g/mol. The van der Waals surface area contributed by atoms with Gasteiger partial charge in [0.2, 0.25) is 0 Å². The summed E-state index contributed by atoms with van der Waals surface area (Å²) in [5.41, 5.74) is 7.25. The van der Waals surface area contributed by atoms with Gasteiger partial charge in [0.25, 0.3) is 0 Å². The van der Waals surface area contributed by atoms with E-state index in [1.807, 2.05) is 66.7 Å². The lowest BCUT2D eigenvalue weighted by Crippen LogP contribution is -2.22. The molecule has 0 N–H and O–H groups in total. The van der Waals surface area contributed by atoms with Crippen LogP contribution >= 0.6 is 11.8 Å². The molecule has 6 heteroatoms. The molecule has 1 aliphatic heterocycles. The zero-order valence-electron chi connectivity index (χ0n) is 20.5. The lowest BCUT2D eigenvalue weighted by atomic mass is 9.95. The second kappa shape index (κ2) is 8.39. The second-order valence-electron chi connectivity index (χ2n) is 9.57. The molecule has 0 unspecified atom stereocenters. The summed E-state index contributed by atoms with van der Waals surface area (Å²) in [5, 5.41) is 0.978. The van der Waals surface area contributed by atoms with Crippen molar-refractivity contribution in [3.05, 3.63) is 109 Å². The second-order valence-corrected chi connectivity index (χ2v) is 11.2. The first-order valence-electron chi connectivity index (χ1n) is 12.3. The predicted molar refractivity (Wildman–Crippen MR) is 150 cm³/mol. The van der Waals surface area contributed by atoms with Crippen molar-refractivity contribution in [1.29, 1.82) is 0 Å². The Morgan fingerprint density at radius 1 is 0.595 bits per heavy atom. The van der Waals surface area contributed by atoms with E-state index in [9.17, 15) is 0 Å². The van der Waals surface area contributed by atoms with Gasteiger partial charge in [0, 0.05) is 21.4 Å². The zero-order valence-corrected chi connectivity index (χ0v) is 21.3. The van der Waals surface area contributed by atoms with E-state index in [1.165, 1.54) is 5.56 Å². The van der Waals surface area contributed by atoms with Crippen molar-refractivity contribution in [3.8, 4) is 39.9 Å². The fraction of sp³-hybridized carbons (Fsp3) is 0.0968. The third-order valence-corrected chi connectivity index (χ3v) is 7.91. The van der Waals surface area contributed by atoms with Gasteiger partial charge in [0.15, 0.2) is 22.6 Å². The molecule has 3 heterocycles. The van der Waals surface area contributed by atoms with Crippen molar-refractivity contribution < 1.29 is 0 Å². The number of imidazole rings is 1. The Morgan fingerprint density at radius 2 is 1.19 bits per heavy atom. The number of hydrogen-bond donors (Lipinski definition) is 0. The molecule has 0 amide bonds. The fourth-order valence-corrected chi connectivity index (χ4v) is 6.11. The summed E-state index contributed by atoms with van der Waals surface area (Å²) < 4.78 is 2.10. The molecule has 0 fully saturated rings. The quantitative estimate of drug-likeness (QED) is 0.253. The molecule has 0 saturated heterocycles. The molecule has 0 atom stereocenters. The monoisotopic (exact) mass is 497 g/mol. The van der Waals surface area contributed by atoms with Gasteiger partial charge in [-0.1, -0.05) is 96.7 Å². The molecule has 0 radical (unpaired) electrons. The maximum Gasteiger partial charge on any atom is 0.174 e. The Morgan fingerprint density at radius 3 is 1.86 bits per heavy atom. The number of benzene rings is 4. The minimum absolute atomic E-state index is 0.166. The van der Waals surface area contributed by atoms with Crippen LogP contribution in [0.4, 0.5) is 0 Å². The number of para-hydroxylation sites is 3. The standard InChI is InChI=1S/C31H23N5S/c1-31(2)23-17-11-16-22(26(23)36-25-19-10-9-18-24(25)32-30(36)37-31)29-34-27(20-12-5-3-6-13-20)33-28(35-29)21-14-7-4-8-15-21/h3-19H,1-2H3. The van der Waals surface area contributed by atoms with E-state index in [1.54, 1.807) is 11.8 Å². The highest BCUT2D eigenvalue weighted by atomic mass is 32.2. The third-order valence-electron chi connectivity index (χ3n) is 6.73. The van der Waals surface area contributed by atoms with Gasteiger partial charge in [-0.25, -0.2) is 19.9 Å². The summed E-state index contributed by atoms with van der Waals surface area (Å²) in [4.78, 5) is 19.9. The van der Waals surface area contributed by atoms with Crippen molar-refractivity contribution >= 4 is 22.8 Å². The van der Waals surface area contributed by atoms with Crippen LogP contribution in [0.25, 0.3) is 50.9 Å². The first kappa shape index (κ1) is 21.9. The molecule has 1 aliphatic rings. The highest BCUT2D eigenvalue weighted by molar-refractivity contribution is 8.00. The first-order valence-corrected chi connectivity index (χ1v) is 13.1. The summed E-state index contributed by atoms with van der Waals surface area (Å²) in [7, 11) is 0. The number of nitrogens with zero attached hydrogens (tertiary/aromatic N) is 5. The largest absolute Gasteiger partial charge is 0.286 e. The number of thioether (sulfide) groups is 1. The average Bonchev–Trinajstić information content (AvgIpc) is 3.30. The van der Waals surface area contributed by atoms with Crippen LogP contribution in [0, 0.1) is 0 Å². The number of rotatable bonds is 3. The molecular formula is C31H23N5S. The van der Waals surface area contributed by atoms with E-state index in [2.05, 4.69) is 54.8 Å². The van der Waals surface area contributed by atoms with Crippen LogP contribution in [-0.4, -0.2) is 24.5 Å². The molecule has 178 valence electrons. The molecule has 6 aromatic rings. The fourth-order valence-electron chi connectivity index (χ4n) is 4.95. The van der Waals surface area contributed by atoms with E-state index in [0.717, 1.165) is 38.6 Å². The molecule has 0 bridgehead atoms. The van der Waals surface area contributed by atoms with E-state index in [-0.39, 0.29) is 4.75 Å². The third kappa shape index (κ3) is 3.64. The SMILES string of the molecule is CC1(C)Sc2nc3ccccc3n2-c2c(-c3nc(-c4ccccc4)nc(-c4ccccc4)n3)cccc21. The van der Waals surface area contributed by atoms with Gasteiger partial charge in [0.05, 0.1) is 16.7 Å². The average molecular weight is 498 g/mol. The van der Waals surface area contributed by atoms with Gasteiger partial charge in [0.1, 0.15) is 0 Å². The van der Waals surface area contributed by atoms with Gasteiger partial charge in [-0.2, -0.15) is 0 Å². The van der Waals surface area contributed by atoms with Crippen LogP contribution in [0.1, 0.15) is 19.4 Å². The van der Waals surface area contributed by atoms with Gasteiger partial charge in [-0.3, -0.25) is 4.57 Å². The van der Waals surface area contributed by atoms with Crippen molar-refractivity contribution in [2.45, 2.75) is 23.8 Å². The minimum atomic E-state index is -0.166. The molecule has 0 aliphatic carbocycles. The number of aromatic nitrogens is 5. The van der Waals surface area contributed by atoms with Crippen LogP contribution in [-0.2, 0) is 4.75 Å². The number of hydrogen-bond acceptors (Lipinski definition) is 5. The van der Waals surface area contributed by atoms with E-state index in [4.69, 9.17) is 19.9 Å². The van der Waals surface area contributed by atoms with Crippen LogP contribution in [0.3, 0.4) is 0 Å². The highest BCUT2D eigenvalue weighted by Gasteiger charge is 2.36. The maximum absolute atomic E-state index is 5.03. The van der Waals surface area contributed by atoms with E-state index < -0.39 is 0 Å². The molecule has 0 saturated carbocycles. The lowest BCUT2D eigenvalue weighted by Gasteiger charge is -2.33. The highest BCUT2D eigenvalue weighted by Crippen LogP contribution is 2.51. The number of fused-ring (bicyclic) bond motifs is 5. The van der Waals surface area contributed by atoms with E-state index in [0.29, 0.717) is 17.5 Å². The predicted octanol–water partition coefficient (Wildman–Crippen LogP) is 7.55. The van der Waals surface area contributed by atoms with Crippen molar-refractivity contribution in [2.24, 2.45) is 0 Å². The van der Waals surface area contributed by atoms with Crippen molar-refractivity contribution in [3.63, 3.8) is 0 Å². The molecule has 2 aromatic heterocycles. The Hall–Kier alpha value is -4.29. The molecule has 4 aromatic carbocycles. The summed E-state index contributed by atoms with van der Waals surface area (Å²) in [5.74, 6) is 1.96. The smallest absolute Gasteiger partial charge is 0.174 e. The Balaban J connectivity index is 1.54. The van der Waals surface area contributed by atoms with Crippen LogP contribution in [0.2, 0.25) is 0 Å². The molecule has 5 nitrogen and oxygen atoms in total. The Labute approximate surface area is 219 Å². The summed E-state index contributed by atoms with van der Waals surface area (Å²) in [6.07, 6.45) is 0. The van der Waals surface area contributed by atoms with E-state index >= 15 is 0 Å². The lowest BCUT2D eigenvalue weighted by molar-refractivity contribution is 0.729. The van der Waals surface area contributed by atoms with Crippen molar-refractivity contribution in [1.82, 2.24) is 24.5 Å². The van der Waals surface area contributed by atoms with Crippen LogP contribution in [0.5, 0.6) is 0 Å². The van der Waals surface area contributed by atoms with Gasteiger partial charge >= 0.3 is 0 Å². The Kier molecular flexibility index (Phi) is 4.98. The molecule has 7 rings (SSSR count). The van der Waals surface area contributed by atoms with Gasteiger partial charge in [-0.15, -0.1) is 0 Å². The molecule has 37 heavy (non-hydrogen) atoms. The minimum Gasteiger partial charge on any atom is -0.286 e. The topological polar surface area (TPSA) is 56.5 Å². The van der Waals surface area contributed by atoms with Crippen LogP contribution < -0.4 is 0 Å². The van der Waals surface area contributed by atoms with Crippen LogP contribution in [0.15, 0.2) is 108 Å². The van der Waals surface area contributed by atoms with Crippen molar-refractivity contribution in [2.75, 3.05) is 0 Å². The Bertz CT molecular complexity index is 1720. The molecule has 0 spiro atoms. The summed E-state index contributed by atoms with van der Waals surface area (Å²) in [6, 6.07) is 34.9. The summed E-state index contributed by atoms with van der Waals surface area (Å²) >= 11 is 1.79. The maximum atomic E-state index is 5.03. The normalized spacial score (nSPS) is 13.8. The van der Waals surface area contributed by atoms with Gasteiger partial charge < -0.3 is 0 Å². The zero-order chi connectivity index (χ0) is 25.0.